The van der Waals surface area contributed by atoms with E-state index in [-0.39, 0.29) is 18.9 Å². The molecule has 0 spiro atoms. The molecule has 4 aromatic rings. The van der Waals surface area contributed by atoms with Gasteiger partial charge in [0.25, 0.3) is 5.91 Å². The van der Waals surface area contributed by atoms with Gasteiger partial charge in [0, 0.05) is 35.5 Å². The summed E-state index contributed by atoms with van der Waals surface area (Å²) in [4.78, 5) is 27.2. The SMILES string of the molecule is [2H]C(c1ccccc1OCCCCCC(=O)O)N(Cc1ccccc1)C(=O)c1ccc(-c2cccs2)cc1. The molecular formula is C31H31NO4S. The fourth-order valence-corrected chi connectivity index (χ4v) is 4.70. The highest BCUT2D eigenvalue weighted by Gasteiger charge is 2.19. The topological polar surface area (TPSA) is 66.8 Å². The Labute approximate surface area is 223 Å². The van der Waals surface area contributed by atoms with Gasteiger partial charge < -0.3 is 14.7 Å². The number of hydrogen-bond acceptors (Lipinski definition) is 4. The Hall–Kier alpha value is -3.90. The maximum atomic E-state index is 13.8. The van der Waals surface area contributed by atoms with Crippen LogP contribution >= 0.6 is 11.3 Å². The quantitative estimate of drug-likeness (QED) is 0.190. The summed E-state index contributed by atoms with van der Waals surface area (Å²) in [6.07, 6.45) is 2.22. The lowest BCUT2D eigenvalue weighted by Gasteiger charge is -2.24. The number of rotatable bonds is 13. The number of unbranched alkanes of at least 4 members (excludes halogenated alkanes) is 2. The molecule has 1 N–H and O–H groups in total. The second-order valence-corrected chi connectivity index (χ2v) is 9.64. The van der Waals surface area contributed by atoms with Crippen molar-refractivity contribution < 1.29 is 20.8 Å². The first-order valence-electron chi connectivity index (χ1n) is 13.0. The van der Waals surface area contributed by atoms with Gasteiger partial charge in [-0.15, -0.1) is 11.3 Å². The highest BCUT2D eigenvalue weighted by atomic mass is 32.1. The van der Waals surface area contributed by atoms with E-state index >= 15 is 0 Å². The maximum absolute atomic E-state index is 13.8. The van der Waals surface area contributed by atoms with Crippen molar-refractivity contribution in [3.63, 3.8) is 0 Å². The molecule has 4 rings (SSSR count). The first-order valence-corrected chi connectivity index (χ1v) is 13.3. The normalized spacial score (nSPS) is 11.9. The molecule has 5 nitrogen and oxygen atoms in total. The van der Waals surface area contributed by atoms with Crippen molar-refractivity contribution in [2.45, 2.75) is 38.7 Å². The van der Waals surface area contributed by atoms with Crippen molar-refractivity contribution in [3.8, 4) is 16.2 Å². The molecule has 0 fully saturated rings. The summed E-state index contributed by atoms with van der Waals surface area (Å²) >= 11 is 1.65. The van der Waals surface area contributed by atoms with Crippen molar-refractivity contribution in [1.29, 1.82) is 0 Å². The van der Waals surface area contributed by atoms with Crippen LogP contribution in [-0.4, -0.2) is 28.5 Å². The van der Waals surface area contributed by atoms with Crippen molar-refractivity contribution in [2.75, 3.05) is 6.61 Å². The molecule has 0 saturated carbocycles. The second kappa shape index (κ2) is 13.4. The minimum atomic E-state index is -0.983. The van der Waals surface area contributed by atoms with Crippen molar-refractivity contribution in [3.05, 3.63) is 113 Å². The number of carboxylic acids is 1. The van der Waals surface area contributed by atoms with Crippen LogP contribution in [0.2, 0.25) is 0 Å². The lowest BCUT2D eigenvalue weighted by molar-refractivity contribution is -0.137. The second-order valence-electron chi connectivity index (χ2n) is 8.69. The molecule has 37 heavy (non-hydrogen) atoms. The van der Waals surface area contributed by atoms with Gasteiger partial charge in [-0.3, -0.25) is 9.59 Å². The molecule has 1 heterocycles. The van der Waals surface area contributed by atoms with Gasteiger partial charge in [-0.2, -0.15) is 0 Å². The molecule has 0 saturated heterocycles. The number of benzene rings is 3. The average molecular weight is 515 g/mol. The first-order chi connectivity index (χ1) is 18.5. The van der Waals surface area contributed by atoms with Crippen LogP contribution in [0.5, 0.6) is 5.75 Å². The van der Waals surface area contributed by atoms with Gasteiger partial charge in [0.1, 0.15) is 5.75 Å². The van der Waals surface area contributed by atoms with Crippen molar-refractivity contribution in [2.24, 2.45) is 0 Å². The summed E-state index contributed by atoms with van der Waals surface area (Å²) in [7, 11) is 0. The summed E-state index contributed by atoms with van der Waals surface area (Å²) in [5, 5.41) is 10.8. The van der Waals surface area contributed by atoms with Gasteiger partial charge >= 0.3 is 5.97 Å². The highest BCUT2D eigenvalue weighted by Crippen LogP contribution is 2.26. The summed E-state index contributed by atoms with van der Waals surface area (Å²) in [6.45, 7) is -0.285. The molecule has 0 radical (unpaired) electrons. The van der Waals surface area contributed by atoms with Crippen molar-refractivity contribution >= 4 is 23.2 Å². The molecular weight excluding hydrogens is 482 g/mol. The van der Waals surface area contributed by atoms with Crippen LogP contribution in [0.25, 0.3) is 10.4 Å². The number of carbonyl (C=O) groups excluding carboxylic acids is 1. The summed E-state index contributed by atoms with van der Waals surface area (Å²) in [6, 6.07) is 28.6. The third-order valence-electron chi connectivity index (χ3n) is 5.90. The van der Waals surface area contributed by atoms with E-state index in [0.29, 0.717) is 36.3 Å². The smallest absolute Gasteiger partial charge is 0.303 e. The number of amides is 1. The van der Waals surface area contributed by atoms with Gasteiger partial charge in [0.2, 0.25) is 0 Å². The summed E-state index contributed by atoms with van der Waals surface area (Å²) in [5.74, 6) is -0.461. The number of carboxylic acid groups (broad SMARTS) is 1. The predicted molar refractivity (Wildman–Crippen MR) is 148 cm³/mol. The average Bonchev–Trinajstić information content (AvgIpc) is 3.49. The van der Waals surface area contributed by atoms with Crippen LogP contribution in [0.4, 0.5) is 0 Å². The molecule has 1 unspecified atom stereocenters. The molecule has 0 bridgehead atoms. The van der Waals surface area contributed by atoms with E-state index in [1.165, 1.54) is 0 Å². The third kappa shape index (κ3) is 7.79. The largest absolute Gasteiger partial charge is 0.493 e. The van der Waals surface area contributed by atoms with Crippen LogP contribution in [0.15, 0.2) is 96.4 Å². The minimum absolute atomic E-state index is 0.149. The zero-order chi connectivity index (χ0) is 26.7. The summed E-state index contributed by atoms with van der Waals surface area (Å²) < 4.78 is 15.2. The fourth-order valence-electron chi connectivity index (χ4n) is 3.97. The monoisotopic (exact) mass is 514 g/mol. The maximum Gasteiger partial charge on any atom is 0.303 e. The van der Waals surface area contributed by atoms with Gasteiger partial charge in [-0.05, 0) is 60.0 Å². The van der Waals surface area contributed by atoms with E-state index in [0.717, 1.165) is 22.4 Å². The van der Waals surface area contributed by atoms with E-state index < -0.39 is 12.5 Å². The summed E-state index contributed by atoms with van der Waals surface area (Å²) in [5.41, 5.74) is 3.12. The standard InChI is InChI=1S/C31H31NO4S/c33-30(34)15-5-2-8-20-36-28-13-7-6-12-27(28)23-32(22-24-10-3-1-4-11-24)31(35)26-18-16-25(17-19-26)29-14-9-21-37-29/h1,3-4,6-7,9-14,16-19,21H,2,5,8,15,20,22-23H2,(H,33,34)/i23D. The van der Waals surface area contributed by atoms with E-state index in [9.17, 15) is 9.59 Å². The van der Waals surface area contributed by atoms with Crippen LogP contribution < -0.4 is 4.74 Å². The fraction of sp³-hybridized carbons (Fsp3) is 0.226. The van der Waals surface area contributed by atoms with Gasteiger partial charge in [0.15, 0.2) is 0 Å². The van der Waals surface area contributed by atoms with E-state index in [1.807, 2.05) is 96.4 Å². The third-order valence-corrected chi connectivity index (χ3v) is 6.82. The molecule has 0 aliphatic rings. The molecule has 1 aromatic heterocycles. The molecule has 0 aliphatic heterocycles. The van der Waals surface area contributed by atoms with Crippen LogP contribution in [0.1, 0.15) is 48.5 Å². The van der Waals surface area contributed by atoms with Crippen LogP contribution in [-0.2, 0) is 17.9 Å². The van der Waals surface area contributed by atoms with E-state index in [4.69, 9.17) is 11.2 Å². The van der Waals surface area contributed by atoms with Crippen LogP contribution in [0.3, 0.4) is 0 Å². The van der Waals surface area contributed by atoms with Gasteiger partial charge in [-0.25, -0.2) is 0 Å². The number of nitrogens with zero attached hydrogens (tertiary/aromatic N) is 1. The zero-order valence-electron chi connectivity index (χ0n) is 21.6. The minimum Gasteiger partial charge on any atom is -0.493 e. The first kappa shape index (κ1) is 24.8. The Bertz CT molecular complexity index is 1310. The van der Waals surface area contributed by atoms with Gasteiger partial charge in [0.05, 0.1) is 7.98 Å². The zero-order valence-corrected chi connectivity index (χ0v) is 21.4. The Morgan fingerprint density at radius 3 is 2.35 bits per heavy atom. The number of aliphatic carboxylic acids is 1. The molecule has 0 aliphatic carbocycles. The molecule has 190 valence electrons. The Morgan fingerprint density at radius 2 is 1.62 bits per heavy atom. The number of para-hydroxylation sites is 1. The highest BCUT2D eigenvalue weighted by molar-refractivity contribution is 7.13. The Kier molecular flexibility index (Phi) is 8.99. The lowest BCUT2D eigenvalue weighted by Crippen LogP contribution is -2.30. The van der Waals surface area contributed by atoms with E-state index in [2.05, 4.69) is 0 Å². The number of carbonyl (C=O) groups is 2. The molecule has 6 heteroatoms. The molecule has 1 atom stereocenters. The predicted octanol–water partition coefficient (Wildman–Crippen LogP) is 7.28. The van der Waals surface area contributed by atoms with E-state index in [1.54, 1.807) is 16.2 Å². The number of thiophene rings is 1. The lowest BCUT2D eigenvalue weighted by atomic mass is 10.1. The van der Waals surface area contributed by atoms with Gasteiger partial charge in [-0.1, -0.05) is 66.7 Å². The Morgan fingerprint density at radius 1 is 0.865 bits per heavy atom. The Balaban J connectivity index is 1.53. The molecule has 3 aromatic carbocycles. The number of hydrogen-bond donors (Lipinski definition) is 1. The van der Waals surface area contributed by atoms with Crippen molar-refractivity contribution in [1.82, 2.24) is 4.90 Å². The molecule has 1 amide bonds. The number of ether oxygens (including phenoxy) is 1. The van der Waals surface area contributed by atoms with Crippen LogP contribution in [0, 0.1) is 0 Å².